The van der Waals surface area contributed by atoms with Gasteiger partial charge in [0.1, 0.15) is 18.4 Å². The quantitative estimate of drug-likeness (QED) is 0.795. The second-order valence-corrected chi connectivity index (χ2v) is 6.66. The van der Waals surface area contributed by atoms with Gasteiger partial charge in [0.15, 0.2) is 0 Å². The van der Waals surface area contributed by atoms with Crippen LogP contribution in [-0.2, 0) is 16.1 Å². The molecule has 1 aliphatic rings. The van der Waals surface area contributed by atoms with E-state index in [9.17, 15) is 4.79 Å². The number of carbonyl (C=O) groups is 1. The predicted molar refractivity (Wildman–Crippen MR) is 108 cm³/mol. The van der Waals surface area contributed by atoms with Crippen LogP contribution in [0.3, 0.4) is 0 Å². The fraction of sp³-hybridized carbons (Fsp3) is 0.381. The minimum atomic E-state index is -0.275. The van der Waals surface area contributed by atoms with Crippen molar-refractivity contribution in [3.8, 4) is 5.75 Å². The van der Waals surface area contributed by atoms with E-state index in [1.807, 2.05) is 37.3 Å². The van der Waals surface area contributed by atoms with E-state index >= 15 is 0 Å². The van der Waals surface area contributed by atoms with Crippen LogP contribution in [0.4, 0.5) is 0 Å². The summed E-state index contributed by atoms with van der Waals surface area (Å²) in [5.41, 5.74) is 3.42. The highest BCUT2D eigenvalue weighted by Crippen LogP contribution is 2.19. The Morgan fingerprint density at radius 3 is 2.74 bits per heavy atom. The number of ether oxygens (including phenoxy) is 2. The zero-order valence-electron chi connectivity index (χ0n) is 15.7. The van der Waals surface area contributed by atoms with Gasteiger partial charge in [-0.1, -0.05) is 42.0 Å². The van der Waals surface area contributed by atoms with Crippen LogP contribution < -0.4 is 15.4 Å². The van der Waals surface area contributed by atoms with Gasteiger partial charge in [0.2, 0.25) is 5.91 Å². The van der Waals surface area contributed by atoms with Crippen molar-refractivity contribution >= 4 is 18.3 Å². The molecule has 0 spiro atoms. The Balaban J connectivity index is 0.00000261. The summed E-state index contributed by atoms with van der Waals surface area (Å²) in [5, 5.41) is 6.19. The highest BCUT2D eigenvalue weighted by atomic mass is 35.5. The molecule has 27 heavy (non-hydrogen) atoms. The van der Waals surface area contributed by atoms with Gasteiger partial charge in [-0.25, -0.2) is 0 Å². The number of nitrogens with one attached hydrogen (secondary N) is 2. The number of morpholine rings is 1. The molecule has 1 amide bonds. The fourth-order valence-electron chi connectivity index (χ4n) is 2.95. The summed E-state index contributed by atoms with van der Waals surface area (Å²) in [5.74, 6) is 0.785. The maximum Gasteiger partial charge on any atom is 0.240 e. The lowest BCUT2D eigenvalue weighted by atomic mass is 10.1. The molecule has 3 rings (SSSR count). The van der Waals surface area contributed by atoms with Crippen molar-refractivity contribution < 1.29 is 14.3 Å². The number of hydrogen-bond acceptors (Lipinski definition) is 4. The number of amides is 1. The lowest BCUT2D eigenvalue weighted by Crippen LogP contribution is -2.51. The molecule has 2 atom stereocenters. The summed E-state index contributed by atoms with van der Waals surface area (Å²) in [6.07, 6.45) is 0. The number of hydrogen-bond donors (Lipinski definition) is 2. The van der Waals surface area contributed by atoms with E-state index in [1.54, 1.807) is 0 Å². The van der Waals surface area contributed by atoms with Crippen molar-refractivity contribution in [2.75, 3.05) is 19.8 Å². The highest BCUT2D eigenvalue weighted by Gasteiger charge is 2.22. The van der Waals surface area contributed by atoms with Crippen LogP contribution >= 0.6 is 12.4 Å². The summed E-state index contributed by atoms with van der Waals surface area (Å²) in [6, 6.07) is 15.8. The largest absolute Gasteiger partial charge is 0.489 e. The van der Waals surface area contributed by atoms with E-state index in [1.165, 1.54) is 5.56 Å². The van der Waals surface area contributed by atoms with Gasteiger partial charge in [-0.15, -0.1) is 12.4 Å². The number of aryl methyl sites for hydroxylation is 1. The first-order valence-electron chi connectivity index (χ1n) is 9.01. The van der Waals surface area contributed by atoms with E-state index in [0.717, 1.165) is 16.9 Å². The first-order valence-corrected chi connectivity index (χ1v) is 9.01. The topological polar surface area (TPSA) is 59.6 Å². The zero-order chi connectivity index (χ0) is 18.4. The minimum absolute atomic E-state index is 0. The predicted octanol–water partition coefficient (Wildman–Crippen LogP) is 3.16. The van der Waals surface area contributed by atoms with Crippen molar-refractivity contribution in [1.29, 1.82) is 0 Å². The lowest BCUT2D eigenvalue weighted by molar-refractivity contribution is -0.126. The van der Waals surface area contributed by atoms with Gasteiger partial charge in [0.25, 0.3) is 0 Å². The molecule has 1 saturated heterocycles. The third-order valence-electron chi connectivity index (χ3n) is 4.46. The van der Waals surface area contributed by atoms with E-state index in [2.05, 4.69) is 35.8 Å². The summed E-state index contributed by atoms with van der Waals surface area (Å²) >= 11 is 0. The van der Waals surface area contributed by atoms with Crippen LogP contribution in [-0.4, -0.2) is 31.7 Å². The normalized spacial score (nSPS) is 17.5. The van der Waals surface area contributed by atoms with Crippen LogP contribution in [0.1, 0.15) is 29.7 Å². The standard InChI is InChI=1S/C21H26N2O3.ClH/c1-15-4-3-5-17(12-15)13-26-19-8-6-18(7-9-19)16(2)23-21(24)20-14-25-11-10-22-20;/h3-9,12,16,20,22H,10-11,13-14H2,1-2H3,(H,23,24);1H. The van der Waals surface area contributed by atoms with Crippen LogP contribution in [0.25, 0.3) is 0 Å². The van der Waals surface area contributed by atoms with Crippen LogP contribution in [0.2, 0.25) is 0 Å². The van der Waals surface area contributed by atoms with E-state index in [4.69, 9.17) is 9.47 Å². The molecule has 0 aromatic heterocycles. The van der Waals surface area contributed by atoms with Gasteiger partial charge in [-0.3, -0.25) is 4.79 Å². The molecular weight excluding hydrogens is 364 g/mol. The van der Waals surface area contributed by atoms with Crippen LogP contribution in [0.15, 0.2) is 48.5 Å². The van der Waals surface area contributed by atoms with Crippen LogP contribution in [0, 0.1) is 6.92 Å². The van der Waals surface area contributed by atoms with E-state index in [0.29, 0.717) is 26.4 Å². The Kier molecular flexibility index (Phi) is 8.10. The SMILES string of the molecule is Cc1cccc(COc2ccc(C(C)NC(=O)C3COCCN3)cc2)c1.Cl. The average molecular weight is 391 g/mol. The van der Waals surface area contributed by atoms with Crippen molar-refractivity contribution in [3.05, 3.63) is 65.2 Å². The lowest BCUT2D eigenvalue weighted by Gasteiger charge is -2.25. The molecule has 6 heteroatoms. The Hall–Kier alpha value is -2.08. The van der Waals surface area contributed by atoms with Crippen molar-refractivity contribution in [2.45, 2.75) is 32.5 Å². The molecule has 5 nitrogen and oxygen atoms in total. The molecule has 2 N–H and O–H groups in total. The molecule has 1 heterocycles. The molecule has 2 aromatic rings. The summed E-state index contributed by atoms with van der Waals surface area (Å²) < 4.78 is 11.2. The van der Waals surface area contributed by atoms with Gasteiger partial charge in [0.05, 0.1) is 19.3 Å². The Morgan fingerprint density at radius 2 is 2.07 bits per heavy atom. The summed E-state index contributed by atoms with van der Waals surface area (Å²) in [6.45, 7) is 6.38. The monoisotopic (exact) mass is 390 g/mol. The maximum absolute atomic E-state index is 12.3. The second kappa shape index (κ2) is 10.3. The van der Waals surface area contributed by atoms with Crippen molar-refractivity contribution in [2.24, 2.45) is 0 Å². The second-order valence-electron chi connectivity index (χ2n) is 6.66. The number of carbonyl (C=O) groups excluding carboxylic acids is 1. The molecule has 0 aliphatic carbocycles. The molecular formula is C21H27ClN2O3. The smallest absolute Gasteiger partial charge is 0.240 e. The van der Waals surface area contributed by atoms with E-state index in [-0.39, 0.29) is 30.4 Å². The third-order valence-corrected chi connectivity index (χ3v) is 4.46. The van der Waals surface area contributed by atoms with Crippen LogP contribution in [0.5, 0.6) is 5.75 Å². The first kappa shape index (κ1) is 21.2. The highest BCUT2D eigenvalue weighted by molar-refractivity contribution is 5.85. The zero-order valence-corrected chi connectivity index (χ0v) is 16.6. The van der Waals surface area contributed by atoms with Gasteiger partial charge in [-0.05, 0) is 37.1 Å². The van der Waals surface area contributed by atoms with Gasteiger partial charge in [-0.2, -0.15) is 0 Å². The minimum Gasteiger partial charge on any atom is -0.489 e. The molecule has 0 radical (unpaired) electrons. The number of benzene rings is 2. The molecule has 0 bridgehead atoms. The molecule has 1 fully saturated rings. The Morgan fingerprint density at radius 1 is 1.30 bits per heavy atom. The molecule has 2 unspecified atom stereocenters. The van der Waals surface area contributed by atoms with Crippen molar-refractivity contribution in [1.82, 2.24) is 10.6 Å². The average Bonchev–Trinajstić information content (AvgIpc) is 2.67. The Labute approximate surface area is 166 Å². The maximum atomic E-state index is 12.3. The van der Waals surface area contributed by atoms with Gasteiger partial charge in [0, 0.05) is 6.54 Å². The molecule has 2 aromatic carbocycles. The van der Waals surface area contributed by atoms with Gasteiger partial charge < -0.3 is 20.1 Å². The molecule has 146 valence electrons. The Bertz CT molecular complexity index is 730. The fourth-order valence-corrected chi connectivity index (χ4v) is 2.95. The molecule has 0 saturated carbocycles. The first-order chi connectivity index (χ1) is 12.6. The number of halogens is 1. The molecule has 1 aliphatic heterocycles. The van der Waals surface area contributed by atoms with Crippen molar-refractivity contribution in [3.63, 3.8) is 0 Å². The number of rotatable bonds is 6. The summed E-state index contributed by atoms with van der Waals surface area (Å²) in [7, 11) is 0. The third kappa shape index (κ3) is 6.24. The van der Waals surface area contributed by atoms with Gasteiger partial charge >= 0.3 is 0 Å². The van der Waals surface area contributed by atoms with E-state index < -0.39 is 0 Å². The summed E-state index contributed by atoms with van der Waals surface area (Å²) in [4.78, 5) is 12.3.